The topological polar surface area (TPSA) is 59.0 Å². The zero-order chi connectivity index (χ0) is 17.1. The monoisotopic (exact) mass is 324 g/mol. The first-order valence-electron chi connectivity index (χ1n) is 8.54. The third-order valence-corrected chi connectivity index (χ3v) is 4.72. The second-order valence-corrected chi connectivity index (χ2v) is 6.66. The Bertz CT molecular complexity index is 736. The van der Waals surface area contributed by atoms with Crippen LogP contribution in [0.4, 0.5) is 0 Å². The number of piperidine rings is 1. The molecule has 5 heteroatoms. The van der Waals surface area contributed by atoms with Gasteiger partial charge in [0.05, 0.1) is 11.3 Å². The molecule has 0 bridgehead atoms. The molecule has 0 radical (unpaired) electrons. The van der Waals surface area contributed by atoms with E-state index in [4.69, 9.17) is 0 Å². The second-order valence-electron chi connectivity index (χ2n) is 6.66. The highest BCUT2D eigenvalue weighted by Crippen LogP contribution is 2.23. The molecule has 1 fully saturated rings. The molecular weight excluding hydrogens is 300 g/mol. The van der Waals surface area contributed by atoms with Crippen LogP contribution in [0.2, 0.25) is 0 Å². The van der Waals surface area contributed by atoms with Gasteiger partial charge in [-0.3, -0.25) is 9.78 Å². The number of rotatable bonds is 3. The quantitative estimate of drug-likeness (QED) is 0.871. The van der Waals surface area contributed by atoms with Gasteiger partial charge in [-0.15, -0.1) is 0 Å². The molecule has 24 heavy (non-hydrogen) atoms. The lowest BCUT2D eigenvalue weighted by Gasteiger charge is -2.32. The zero-order valence-corrected chi connectivity index (χ0v) is 14.6. The molecule has 2 aromatic rings. The van der Waals surface area contributed by atoms with Crippen molar-refractivity contribution in [2.45, 2.75) is 40.0 Å². The van der Waals surface area contributed by atoms with Crippen molar-refractivity contribution in [3.05, 3.63) is 52.9 Å². The van der Waals surface area contributed by atoms with Crippen molar-refractivity contribution in [2.75, 3.05) is 13.1 Å². The highest BCUT2D eigenvalue weighted by Gasteiger charge is 2.25. The third kappa shape index (κ3) is 3.78. The summed E-state index contributed by atoms with van der Waals surface area (Å²) in [5.41, 5.74) is 3.80. The zero-order valence-electron chi connectivity index (χ0n) is 14.6. The van der Waals surface area contributed by atoms with Gasteiger partial charge in [0.1, 0.15) is 5.82 Å². The van der Waals surface area contributed by atoms with Gasteiger partial charge in [0.15, 0.2) is 0 Å². The Balaban J connectivity index is 1.59. The highest BCUT2D eigenvalue weighted by atomic mass is 16.2. The van der Waals surface area contributed by atoms with E-state index in [0.29, 0.717) is 17.3 Å². The summed E-state index contributed by atoms with van der Waals surface area (Å²) in [4.78, 5) is 27.3. The number of hydrogen-bond donors (Lipinski definition) is 0. The molecule has 3 rings (SSSR count). The van der Waals surface area contributed by atoms with Crippen LogP contribution in [-0.2, 0) is 6.42 Å². The molecule has 0 spiro atoms. The molecular formula is C19H24N4O. The molecule has 3 heterocycles. The molecule has 0 aromatic carbocycles. The number of hydrogen-bond acceptors (Lipinski definition) is 4. The lowest BCUT2D eigenvalue weighted by molar-refractivity contribution is 0.0689. The number of aromatic nitrogens is 3. The number of nitrogens with zero attached hydrogens (tertiary/aromatic N) is 4. The van der Waals surface area contributed by atoms with Gasteiger partial charge >= 0.3 is 0 Å². The molecule has 1 saturated heterocycles. The molecule has 1 amide bonds. The van der Waals surface area contributed by atoms with Gasteiger partial charge in [-0.1, -0.05) is 0 Å². The van der Waals surface area contributed by atoms with E-state index >= 15 is 0 Å². The fourth-order valence-electron chi connectivity index (χ4n) is 3.37. The summed E-state index contributed by atoms with van der Waals surface area (Å²) in [6.45, 7) is 7.35. The molecule has 5 nitrogen and oxygen atoms in total. The van der Waals surface area contributed by atoms with Gasteiger partial charge < -0.3 is 4.90 Å². The van der Waals surface area contributed by atoms with E-state index in [9.17, 15) is 4.79 Å². The summed E-state index contributed by atoms with van der Waals surface area (Å²) in [5.74, 6) is 1.40. The molecule has 0 N–H and O–H groups in total. The van der Waals surface area contributed by atoms with Gasteiger partial charge in [0.2, 0.25) is 0 Å². The number of aryl methyl sites for hydroxylation is 3. The number of pyridine rings is 1. The van der Waals surface area contributed by atoms with E-state index < -0.39 is 0 Å². The molecule has 1 aliphatic heterocycles. The van der Waals surface area contributed by atoms with Crippen LogP contribution < -0.4 is 0 Å². The van der Waals surface area contributed by atoms with Crippen molar-refractivity contribution in [3.8, 4) is 0 Å². The minimum atomic E-state index is 0.0608. The minimum Gasteiger partial charge on any atom is -0.339 e. The Hall–Kier alpha value is -2.30. The maximum atomic E-state index is 12.7. The van der Waals surface area contributed by atoms with Gasteiger partial charge in [-0.2, -0.15) is 0 Å². The SMILES string of the molecule is Cc1cc(CC2CCN(C(=O)c3cnc(C)nc3C)CC2)ccn1. The fraction of sp³-hybridized carbons (Fsp3) is 0.474. The van der Waals surface area contributed by atoms with Crippen LogP contribution in [0, 0.1) is 26.7 Å². The second kappa shape index (κ2) is 7.07. The van der Waals surface area contributed by atoms with Crippen molar-refractivity contribution in [3.63, 3.8) is 0 Å². The van der Waals surface area contributed by atoms with Crippen LogP contribution in [0.3, 0.4) is 0 Å². The number of likely N-dealkylation sites (tertiary alicyclic amines) is 1. The number of amides is 1. The summed E-state index contributed by atoms with van der Waals surface area (Å²) < 4.78 is 0. The molecule has 0 aliphatic carbocycles. The highest BCUT2D eigenvalue weighted by molar-refractivity contribution is 5.95. The van der Waals surface area contributed by atoms with Gasteiger partial charge in [-0.05, 0) is 63.6 Å². The van der Waals surface area contributed by atoms with Crippen LogP contribution in [-0.4, -0.2) is 38.8 Å². The van der Waals surface area contributed by atoms with E-state index in [-0.39, 0.29) is 5.91 Å². The van der Waals surface area contributed by atoms with Crippen LogP contribution in [0.15, 0.2) is 24.5 Å². The fourth-order valence-corrected chi connectivity index (χ4v) is 3.37. The molecule has 0 atom stereocenters. The lowest BCUT2D eigenvalue weighted by Crippen LogP contribution is -2.39. The number of carbonyl (C=O) groups excluding carboxylic acids is 1. The van der Waals surface area contributed by atoms with E-state index in [2.05, 4.69) is 27.1 Å². The van der Waals surface area contributed by atoms with Crippen LogP contribution in [0.25, 0.3) is 0 Å². The van der Waals surface area contributed by atoms with Gasteiger partial charge in [0, 0.05) is 31.2 Å². The summed E-state index contributed by atoms with van der Waals surface area (Å²) in [6, 6.07) is 4.25. The van der Waals surface area contributed by atoms with E-state index in [1.807, 2.05) is 31.9 Å². The van der Waals surface area contributed by atoms with Gasteiger partial charge in [-0.25, -0.2) is 9.97 Å². The average Bonchev–Trinajstić information content (AvgIpc) is 2.55. The smallest absolute Gasteiger partial charge is 0.257 e. The normalized spacial score (nSPS) is 15.5. The summed E-state index contributed by atoms with van der Waals surface area (Å²) in [5, 5.41) is 0. The largest absolute Gasteiger partial charge is 0.339 e. The van der Waals surface area contributed by atoms with Gasteiger partial charge in [0.25, 0.3) is 5.91 Å². The van der Waals surface area contributed by atoms with E-state index in [1.54, 1.807) is 6.20 Å². The van der Waals surface area contributed by atoms with Crippen molar-refractivity contribution in [1.29, 1.82) is 0 Å². The van der Waals surface area contributed by atoms with Crippen molar-refractivity contribution in [1.82, 2.24) is 19.9 Å². The third-order valence-electron chi connectivity index (χ3n) is 4.72. The Labute approximate surface area is 143 Å². The molecule has 126 valence electrons. The maximum absolute atomic E-state index is 12.7. The standard InChI is InChI=1S/C19H24N4O/c1-13-10-17(4-7-20-13)11-16-5-8-23(9-6-16)19(24)18-12-21-15(3)22-14(18)2/h4,7,10,12,16H,5-6,8-9,11H2,1-3H3. The van der Waals surface area contributed by atoms with E-state index in [1.165, 1.54) is 5.56 Å². The Morgan fingerprint density at radius 3 is 2.62 bits per heavy atom. The minimum absolute atomic E-state index is 0.0608. The molecule has 1 aliphatic rings. The summed E-state index contributed by atoms with van der Waals surface area (Å²) >= 11 is 0. The molecule has 2 aromatic heterocycles. The summed E-state index contributed by atoms with van der Waals surface area (Å²) in [6.07, 6.45) is 6.69. The van der Waals surface area contributed by atoms with E-state index in [0.717, 1.165) is 43.7 Å². The Morgan fingerprint density at radius 2 is 1.96 bits per heavy atom. The molecule has 0 unspecified atom stereocenters. The van der Waals surface area contributed by atoms with Crippen molar-refractivity contribution >= 4 is 5.91 Å². The predicted octanol–water partition coefficient (Wildman–Crippen LogP) is 2.89. The first-order chi connectivity index (χ1) is 11.5. The first-order valence-corrected chi connectivity index (χ1v) is 8.54. The van der Waals surface area contributed by atoms with Crippen LogP contribution >= 0.6 is 0 Å². The first kappa shape index (κ1) is 16.6. The summed E-state index contributed by atoms with van der Waals surface area (Å²) in [7, 11) is 0. The van der Waals surface area contributed by atoms with Crippen molar-refractivity contribution < 1.29 is 4.79 Å². The van der Waals surface area contributed by atoms with Crippen molar-refractivity contribution in [2.24, 2.45) is 5.92 Å². The van der Waals surface area contributed by atoms with Crippen LogP contribution in [0.1, 0.15) is 46.0 Å². The van der Waals surface area contributed by atoms with Crippen LogP contribution in [0.5, 0.6) is 0 Å². The maximum Gasteiger partial charge on any atom is 0.257 e. The lowest BCUT2D eigenvalue weighted by atomic mass is 9.90. The average molecular weight is 324 g/mol. The Kier molecular flexibility index (Phi) is 4.88. The Morgan fingerprint density at radius 1 is 1.21 bits per heavy atom. The predicted molar refractivity (Wildman–Crippen MR) is 92.8 cm³/mol. The number of carbonyl (C=O) groups is 1. The molecule has 0 saturated carbocycles.